The second-order valence-electron chi connectivity index (χ2n) is 7.07. The van der Waals surface area contributed by atoms with E-state index in [1.807, 2.05) is 6.92 Å². The molecule has 9 heteroatoms. The summed E-state index contributed by atoms with van der Waals surface area (Å²) in [5, 5.41) is 12.0. The fraction of sp³-hybridized carbons (Fsp3) is 0.421. The van der Waals surface area contributed by atoms with Crippen molar-refractivity contribution in [3.8, 4) is 5.75 Å². The Labute approximate surface area is 169 Å². The summed E-state index contributed by atoms with van der Waals surface area (Å²) >= 11 is 1.10. The number of ether oxygens (including phenoxy) is 1. The summed E-state index contributed by atoms with van der Waals surface area (Å²) < 4.78 is 32.7. The van der Waals surface area contributed by atoms with Crippen molar-refractivity contribution in [3.05, 3.63) is 41.3 Å². The zero-order valence-corrected chi connectivity index (χ0v) is 17.5. The van der Waals surface area contributed by atoms with Gasteiger partial charge in [-0.2, -0.15) is 0 Å². The van der Waals surface area contributed by atoms with Gasteiger partial charge in [0, 0.05) is 26.3 Å². The van der Waals surface area contributed by atoms with E-state index in [9.17, 15) is 18.3 Å². The van der Waals surface area contributed by atoms with Crippen LogP contribution >= 0.6 is 11.3 Å². The lowest BCUT2D eigenvalue weighted by molar-refractivity contribution is -0.00537. The number of carbonyl (C=O) groups excluding carboxylic acids is 1. The number of carbonyl (C=O) groups is 1. The molecule has 2 heterocycles. The van der Waals surface area contributed by atoms with Crippen molar-refractivity contribution in [2.45, 2.75) is 36.0 Å². The van der Waals surface area contributed by atoms with E-state index in [0.717, 1.165) is 24.2 Å². The van der Waals surface area contributed by atoms with Gasteiger partial charge in [-0.3, -0.25) is 9.52 Å². The van der Waals surface area contributed by atoms with Crippen LogP contribution in [0.15, 0.2) is 39.9 Å². The number of nitrogens with zero attached hydrogens (tertiary/aromatic N) is 1. The van der Waals surface area contributed by atoms with Gasteiger partial charge in [-0.15, -0.1) is 11.3 Å². The first-order chi connectivity index (χ1) is 13.2. The van der Waals surface area contributed by atoms with E-state index in [1.54, 1.807) is 23.5 Å². The van der Waals surface area contributed by atoms with Gasteiger partial charge in [-0.1, -0.05) is 6.07 Å². The SMILES string of the molecule is CO[C@@]1(C)CCCN(C(=O)c2ccc(NS(=O)(=O)c3cccs3)cc2O)CC1. The monoisotopic (exact) mass is 424 g/mol. The first-order valence-electron chi connectivity index (χ1n) is 8.98. The number of sulfonamides is 1. The van der Waals surface area contributed by atoms with Crippen LogP contribution in [0.5, 0.6) is 5.75 Å². The van der Waals surface area contributed by atoms with E-state index in [2.05, 4.69) is 4.72 Å². The number of phenols is 1. The summed E-state index contributed by atoms with van der Waals surface area (Å²) in [6.45, 7) is 3.16. The third-order valence-corrected chi connectivity index (χ3v) is 7.84. The first kappa shape index (κ1) is 20.6. The van der Waals surface area contributed by atoms with Gasteiger partial charge >= 0.3 is 0 Å². The molecule has 1 aliphatic heterocycles. The minimum Gasteiger partial charge on any atom is -0.507 e. The van der Waals surface area contributed by atoms with Crippen molar-refractivity contribution in [2.24, 2.45) is 0 Å². The van der Waals surface area contributed by atoms with E-state index in [0.29, 0.717) is 19.5 Å². The average molecular weight is 425 g/mol. The normalized spacial score (nSPS) is 20.6. The summed E-state index contributed by atoms with van der Waals surface area (Å²) in [4.78, 5) is 14.5. The second-order valence-corrected chi connectivity index (χ2v) is 9.93. The van der Waals surface area contributed by atoms with E-state index in [-0.39, 0.29) is 32.7 Å². The minimum atomic E-state index is -3.71. The molecule has 1 saturated heterocycles. The Morgan fingerprint density at radius 3 is 2.71 bits per heavy atom. The lowest BCUT2D eigenvalue weighted by Crippen LogP contribution is -2.34. The highest BCUT2D eigenvalue weighted by molar-refractivity contribution is 7.94. The standard InChI is InChI=1S/C19H24N2O5S2/c1-19(26-2)8-4-10-21(11-9-19)18(23)15-7-6-14(13-16(15)22)20-28(24,25)17-5-3-12-27-17/h3,5-7,12-13,20,22H,4,8-11H2,1-2H3/t19-/m0/s1. The number of rotatable bonds is 5. The number of amides is 1. The van der Waals surface area contributed by atoms with Crippen LogP contribution in [0, 0.1) is 0 Å². The number of benzene rings is 1. The first-order valence-corrected chi connectivity index (χ1v) is 11.3. The molecule has 7 nitrogen and oxygen atoms in total. The maximum atomic E-state index is 12.8. The van der Waals surface area contributed by atoms with Crippen LogP contribution < -0.4 is 4.72 Å². The molecule has 1 amide bonds. The molecule has 0 spiro atoms. The molecule has 0 unspecified atom stereocenters. The van der Waals surface area contributed by atoms with E-state index >= 15 is 0 Å². The molecule has 0 radical (unpaired) electrons. The Morgan fingerprint density at radius 2 is 2.07 bits per heavy atom. The van der Waals surface area contributed by atoms with Crippen molar-refractivity contribution in [3.63, 3.8) is 0 Å². The lowest BCUT2D eigenvalue weighted by atomic mass is 9.97. The zero-order valence-electron chi connectivity index (χ0n) is 15.8. The highest BCUT2D eigenvalue weighted by Crippen LogP contribution is 2.29. The maximum absolute atomic E-state index is 12.8. The van der Waals surface area contributed by atoms with Crippen molar-refractivity contribution in [1.29, 1.82) is 0 Å². The molecule has 152 valence electrons. The highest BCUT2D eigenvalue weighted by Gasteiger charge is 2.30. The van der Waals surface area contributed by atoms with Crippen LogP contribution in [0.4, 0.5) is 5.69 Å². The quantitative estimate of drug-likeness (QED) is 0.768. The third-order valence-electron chi connectivity index (χ3n) is 5.06. The Kier molecular flexibility index (Phi) is 5.97. The Balaban J connectivity index is 1.74. The largest absolute Gasteiger partial charge is 0.507 e. The number of nitrogens with one attached hydrogen (secondary N) is 1. The number of hydrogen-bond acceptors (Lipinski definition) is 6. The smallest absolute Gasteiger partial charge is 0.271 e. The molecular formula is C19H24N2O5S2. The van der Waals surface area contributed by atoms with E-state index < -0.39 is 10.0 Å². The van der Waals surface area contributed by atoms with Gasteiger partial charge in [0.15, 0.2) is 0 Å². The number of hydrogen-bond donors (Lipinski definition) is 2. The van der Waals surface area contributed by atoms with Gasteiger partial charge in [0.25, 0.3) is 15.9 Å². The van der Waals surface area contributed by atoms with Crippen molar-refractivity contribution < 1.29 is 23.1 Å². The molecule has 0 saturated carbocycles. The predicted molar refractivity (Wildman–Crippen MR) is 108 cm³/mol. The molecule has 3 rings (SSSR count). The molecule has 2 N–H and O–H groups in total. The van der Waals surface area contributed by atoms with Crippen LogP contribution in [0.3, 0.4) is 0 Å². The molecule has 1 atom stereocenters. The molecule has 1 aromatic carbocycles. The Hall–Kier alpha value is -2.10. The van der Waals surface area contributed by atoms with Crippen molar-refractivity contribution >= 4 is 33.0 Å². The lowest BCUT2D eigenvalue weighted by Gasteiger charge is -2.26. The fourth-order valence-electron chi connectivity index (χ4n) is 3.23. The van der Waals surface area contributed by atoms with Crippen molar-refractivity contribution in [2.75, 3.05) is 24.9 Å². The second kappa shape index (κ2) is 8.10. The number of methoxy groups -OCH3 is 1. The van der Waals surface area contributed by atoms with Gasteiger partial charge in [0.05, 0.1) is 16.9 Å². The highest BCUT2D eigenvalue weighted by atomic mass is 32.2. The molecule has 2 aromatic rings. The van der Waals surface area contributed by atoms with Crippen LogP contribution in [0.25, 0.3) is 0 Å². The number of aromatic hydroxyl groups is 1. The summed E-state index contributed by atoms with van der Waals surface area (Å²) in [6.07, 6.45) is 2.40. The number of likely N-dealkylation sites (tertiary alicyclic amines) is 1. The molecule has 0 aliphatic carbocycles. The molecular weight excluding hydrogens is 400 g/mol. The van der Waals surface area contributed by atoms with Crippen LogP contribution in [-0.2, 0) is 14.8 Å². The molecule has 0 bridgehead atoms. The zero-order chi connectivity index (χ0) is 20.4. The minimum absolute atomic E-state index is 0.153. The number of thiophene rings is 1. The summed E-state index contributed by atoms with van der Waals surface area (Å²) in [6, 6.07) is 7.33. The third kappa shape index (κ3) is 4.48. The van der Waals surface area contributed by atoms with Gasteiger partial charge in [0.2, 0.25) is 0 Å². The molecule has 28 heavy (non-hydrogen) atoms. The summed E-state index contributed by atoms with van der Waals surface area (Å²) in [5.74, 6) is -0.527. The summed E-state index contributed by atoms with van der Waals surface area (Å²) in [7, 11) is -2.03. The summed E-state index contributed by atoms with van der Waals surface area (Å²) in [5.41, 5.74) is 0.103. The van der Waals surface area contributed by atoms with Gasteiger partial charge in [-0.05, 0) is 49.8 Å². The Morgan fingerprint density at radius 1 is 1.29 bits per heavy atom. The topological polar surface area (TPSA) is 95.9 Å². The van der Waals surface area contributed by atoms with Gasteiger partial charge in [0.1, 0.15) is 9.96 Å². The van der Waals surface area contributed by atoms with E-state index in [4.69, 9.17) is 4.74 Å². The molecule has 1 fully saturated rings. The van der Waals surface area contributed by atoms with Crippen molar-refractivity contribution in [1.82, 2.24) is 4.90 Å². The van der Waals surface area contributed by atoms with Crippen LogP contribution in [0.1, 0.15) is 36.5 Å². The fourth-order valence-corrected chi connectivity index (χ4v) is 5.27. The molecule has 1 aliphatic rings. The van der Waals surface area contributed by atoms with Crippen LogP contribution in [-0.4, -0.2) is 50.1 Å². The molecule has 1 aromatic heterocycles. The average Bonchev–Trinajstić information content (AvgIpc) is 3.13. The van der Waals surface area contributed by atoms with Crippen LogP contribution in [0.2, 0.25) is 0 Å². The maximum Gasteiger partial charge on any atom is 0.271 e. The Bertz CT molecular complexity index is 943. The van der Waals surface area contributed by atoms with Gasteiger partial charge < -0.3 is 14.7 Å². The number of phenolic OH excluding ortho intramolecular Hbond substituents is 1. The predicted octanol–water partition coefficient (Wildman–Crippen LogP) is 3.29. The number of anilines is 1. The van der Waals surface area contributed by atoms with E-state index in [1.165, 1.54) is 24.3 Å². The van der Waals surface area contributed by atoms with Gasteiger partial charge in [-0.25, -0.2) is 8.42 Å².